The van der Waals surface area contributed by atoms with Gasteiger partial charge in [-0.05, 0) is 13.0 Å². The predicted octanol–water partition coefficient (Wildman–Crippen LogP) is 2.33. The number of benzene rings is 1. The summed E-state index contributed by atoms with van der Waals surface area (Å²) in [5, 5.41) is 6.52. The van der Waals surface area contributed by atoms with Crippen molar-refractivity contribution in [2.45, 2.75) is 20.0 Å². The third-order valence-corrected chi connectivity index (χ3v) is 3.42. The van der Waals surface area contributed by atoms with Crippen LogP contribution < -0.4 is 15.8 Å². The quantitative estimate of drug-likeness (QED) is 0.813. The van der Waals surface area contributed by atoms with Crippen LogP contribution in [0.4, 0.5) is 5.69 Å². The molecule has 0 aliphatic heterocycles. The Labute approximate surface area is 111 Å². The van der Waals surface area contributed by atoms with Crippen LogP contribution in [0.5, 0.6) is 5.75 Å². The average Bonchev–Trinajstić information content (AvgIpc) is 2.77. The van der Waals surface area contributed by atoms with Gasteiger partial charge in [0.2, 0.25) is 0 Å². The van der Waals surface area contributed by atoms with Gasteiger partial charge in [0.25, 0.3) is 0 Å². The van der Waals surface area contributed by atoms with E-state index in [1.165, 1.54) is 0 Å². The van der Waals surface area contributed by atoms with E-state index in [0.717, 1.165) is 35.1 Å². The lowest BCUT2D eigenvalue weighted by molar-refractivity contribution is 0.408. The molecule has 3 N–H and O–H groups in total. The Morgan fingerprint density at radius 2 is 2.22 bits per heavy atom. The van der Waals surface area contributed by atoms with Gasteiger partial charge in [0.15, 0.2) is 0 Å². The molecule has 0 unspecified atom stereocenters. The van der Waals surface area contributed by atoms with Crippen LogP contribution in [0.1, 0.15) is 16.3 Å². The fraction of sp³-hybridized carbons (Fsp3) is 0.308. The molecular weight excluding hydrogens is 246 g/mol. The van der Waals surface area contributed by atoms with Gasteiger partial charge in [-0.25, -0.2) is 4.98 Å². The standard InChI is InChI=1S/C13H17N3OS/c1-9-16-12(8-18-9)7-15-6-10-3-4-11(14)5-13(10)17-2/h3-5,8,15H,6-7,14H2,1-2H3. The Balaban J connectivity index is 1.94. The highest BCUT2D eigenvalue weighted by molar-refractivity contribution is 7.09. The number of aryl methyl sites for hydroxylation is 1. The highest BCUT2D eigenvalue weighted by Gasteiger charge is 2.04. The number of nitrogens with two attached hydrogens (primary N) is 1. The third-order valence-electron chi connectivity index (χ3n) is 2.60. The minimum Gasteiger partial charge on any atom is -0.496 e. The van der Waals surface area contributed by atoms with E-state index >= 15 is 0 Å². The highest BCUT2D eigenvalue weighted by atomic mass is 32.1. The maximum absolute atomic E-state index is 5.72. The lowest BCUT2D eigenvalue weighted by Gasteiger charge is -2.09. The minimum absolute atomic E-state index is 0.714. The normalized spacial score (nSPS) is 10.6. The van der Waals surface area contributed by atoms with Crippen molar-refractivity contribution < 1.29 is 4.74 Å². The minimum atomic E-state index is 0.714. The second-order valence-corrected chi connectivity index (χ2v) is 5.09. The fourth-order valence-electron chi connectivity index (χ4n) is 1.72. The van der Waals surface area contributed by atoms with E-state index in [2.05, 4.69) is 15.7 Å². The number of hydrogen-bond acceptors (Lipinski definition) is 5. The van der Waals surface area contributed by atoms with Gasteiger partial charge in [-0.2, -0.15) is 0 Å². The molecule has 1 aromatic heterocycles. The molecule has 0 amide bonds. The molecule has 0 saturated carbocycles. The molecule has 0 fully saturated rings. The van der Waals surface area contributed by atoms with E-state index in [9.17, 15) is 0 Å². The van der Waals surface area contributed by atoms with Gasteiger partial charge < -0.3 is 15.8 Å². The summed E-state index contributed by atoms with van der Waals surface area (Å²) >= 11 is 1.67. The molecule has 1 aromatic carbocycles. The van der Waals surface area contributed by atoms with Gasteiger partial charge in [0, 0.05) is 35.8 Å². The molecule has 5 heteroatoms. The number of thiazole rings is 1. The van der Waals surface area contributed by atoms with Crippen LogP contribution in [0, 0.1) is 6.92 Å². The first-order valence-electron chi connectivity index (χ1n) is 5.73. The molecule has 2 rings (SSSR count). The molecule has 0 bridgehead atoms. The second kappa shape index (κ2) is 5.84. The lowest BCUT2D eigenvalue weighted by atomic mass is 10.2. The van der Waals surface area contributed by atoms with Crippen LogP contribution >= 0.6 is 11.3 Å². The van der Waals surface area contributed by atoms with Crippen LogP contribution in [0.3, 0.4) is 0 Å². The van der Waals surface area contributed by atoms with E-state index in [4.69, 9.17) is 10.5 Å². The number of aromatic nitrogens is 1. The first-order valence-corrected chi connectivity index (χ1v) is 6.61. The summed E-state index contributed by atoms with van der Waals surface area (Å²) in [6.07, 6.45) is 0. The zero-order valence-corrected chi connectivity index (χ0v) is 11.4. The summed E-state index contributed by atoms with van der Waals surface area (Å²) in [5.74, 6) is 0.817. The van der Waals surface area contributed by atoms with Crippen molar-refractivity contribution in [1.29, 1.82) is 0 Å². The van der Waals surface area contributed by atoms with Crippen molar-refractivity contribution in [3.8, 4) is 5.75 Å². The molecule has 18 heavy (non-hydrogen) atoms. The maximum Gasteiger partial charge on any atom is 0.125 e. The molecular formula is C13H17N3OS. The van der Waals surface area contributed by atoms with Gasteiger partial charge >= 0.3 is 0 Å². The van der Waals surface area contributed by atoms with Gasteiger partial charge in [-0.1, -0.05) is 6.07 Å². The fourth-order valence-corrected chi connectivity index (χ4v) is 2.33. The summed E-state index contributed by atoms with van der Waals surface area (Å²) in [7, 11) is 1.65. The number of methoxy groups -OCH3 is 1. The van der Waals surface area contributed by atoms with Crippen molar-refractivity contribution in [3.05, 3.63) is 39.8 Å². The number of nitrogens with one attached hydrogen (secondary N) is 1. The van der Waals surface area contributed by atoms with E-state index < -0.39 is 0 Å². The van der Waals surface area contributed by atoms with Crippen LogP contribution in [0.2, 0.25) is 0 Å². The zero-order chi connectivity index (χ0) is 13.0. The molecule has 4 nitrogen and oxygen atoms in total. The van der Waals surface area contributed by atoms with Crippen LogP contribution in [-0.2, 0) is 13.1 Å². The summed E-state index contributed by atoms with van der Waals surface area (Å²) in [4.78, 5) is 4.40. The molecule has 0 spiro atoms. The van der Waals surface area contributed by atoms with Gasteiger partial charge in [-0.15, -0.1) is 11.3 Å². The third kappa shape index (κ3) is 3.21. The monoisotopic (exact) mass is 263 g/mol. The number of anilines is 1. The van der Waals surface area contributed by atoms with Crippen molar-refractivity contribution in [3.63, 3.8) is 0 Å². The number of ether oxygens (including phenoxy) is 1. The largest absolute Gasteiger partial charge is 0.496 e. The van der Waals surface area contributed by atoms with Crippen LogP contribution in [-0.4, -0.2) is 12.1 Å². The first kappa shape index (κ1) is 12.9. The Morgan fingerprint density at radius 1 is 1.39 bits per heavy atom. The Hall–Kier alpha value is -1.59. The Bertz CT molecular complexity index is 525. The Morgan fingerprint density at radius 3 is 2.89 bits per heavy atom. The second-order valence-electron chi connectivity index (χ2n) is 4.03. The van der Waals surface area contributed by atoms with Gasteiger partial charge in [0.05, 0.1) is 17.8 Å². The predicted molar refractivity (Wildman–Crippen MR) is 74.8 cm³/mol. The summed E-state index contributed by atoms with van der Waals surface area (Å²) in [6.45, 7) is 3.51. The van der Waals surface area contributed by atoms with Crippen molar-refractivity contribution in [1.82, 2.24) is 10.3 Å². The number of rotatable bonds is 5. The number of nitrogens with zero attached hydrogens (tertiary/aromatic N) is 1. The zero-order valence-electron chi connectivity index (χ0n) is 10.6. The van der Waals surface area contributed by atoms with Crippen LogP contribution in [0.25, 0.3) is 0 Å². The highest BCUT2D eigenvalue weighted by Crippen LogP contribution is 2.21. The number of nitrogen functional groups attached to an aromatic ring is 1. The molecule has 2 aromatic rings. The van der Waals surface area contributed by atoms with Gasteiger partial charge in [0.1, 0.15) is 5.75 Å². The van der Waals surface area contributed by atoms with Crippen molar-refractivity contribution in [2.24, 2.45) is 0 Å². The average molecular weight is 263 g/mol. The number of hydrogen-bond donors (Lipinski definition) is 2. The SMILES string of the molecule is COc1cc(N)ccc1CNCc1csc(C)n1. The van der Waals surface area contributed by atoms with Crippen molar-refractivity contribution in [2.75, 3.05) is 12.8 Å². The summed E-state index contributed by atoms with van der Waals surface area (Å²) < 4.78 is 5.30. The van der Waals surface area contributed by atoms with E-state index in [-0.39, 0.29) is 0 Å². The van der Waals surface area contributed by atoms with Crippen LogP contribution in [0.15, 0.2) is 23.6 Å². The molecule has 0 aliphatic carbocycles. The van der Waals surface area contributed by atoms with E-state index in [1.807, 2.05) is 25.1 Å². The maximum atomic E-state index is 5.72. The summed E-state index contributed by atoms with van der Waals surface area (Å²) in [5.41, 5.74) is 8.60. The molecule has 1 heterocycles. The van der Waals surface area contributed by atoms with Gasteiger partial charge in [-0.3, -0.25) is 0 Å². The Kier molecular flexibility index (Phi) is 4.17. The smallest absolute Gasteiger partial charge is 0.125 e. The lowest BCUT2D eigenvalue weighted by Crippen LogP contribution is -2.13. The topological polar surface area (TPSA) is 60.2 Å². The molecule has 96 valence electrons. The van der Waals surface area contributed by atoms with E-state index in [1.54, 1.807) is 18.4 Å². The molecule has 0 aliphatic rings. The molecule has 0 saturated heterocycles. The molecule has 0 radical (unpaired) electrons. The van der Waals surface area contributed by atoms with E-state index in [0.29, 0.717) is 5.69 Å². The van der Waals surface area contributed by atoms with Crippen molar-refractivity contribution >= 4 is 17.0 Å². The summed E-state index contributed by atoms with van der Waals surface area (Å²) in [6, 6.07) is 5.70. The molecule has 0 atom stereocenters. The first-order chi connectivity index (χ1) is 8.69.